The van der Waals surface area contributed by atoms with Crippen molar-refractivity contribution in [3.05, 3.63) is 33.9 Å². The van der Waals surface area contributed by atoms with Crippen molar-refractivity contribution in [1.82, 2.24) is 0 Å². The topological polar surface area (TPSA) is 81.2 Å². The molecule has 1 saturated carbocycles. The predicted molar refractivity (Wildman–Crippen MR) is 71.7 cm³/mol. The Morgan fingerprint density at radius 3 is 2.67 bits per heavy atom. The summed E-state index contributed by atoms with van der Waals surface area (Å²) in [6.45, 7) is 2.44. The maximum absolute atomic E-state index is 11.0. The number of nitro groups is 1. The molecule has 98 valence electrons. The van der Waals surface area contributed by atoms with Crippen LogP contribution in [0.2, 0.25) is 0 Å². The van der Waals surface area contributed by atoms with Gasteiger partial charge in [0, 0.05) is 18.2 Å². The highest BCUT2D eigenvalue weighted by molar-refractivity contribution is 5.64. The van der Waals surface area contributed by atoms with E-state index in [1.54, 1.807) is 12.1 Å². The Bertz CT molecular complexity index is 454. The number of nitro benzene ring substituents is 1. The number of rotatable bonds is 4. The van der Waals surface area contributed by atoms with E-state index >= 15 is 0 Å². The molecule has 3 N–H and O–H groups in total. The lowest BCUT2D eigenvalue weighted by Crippen LogP contribution is -2.42. The van der Waals surface area contributed by atoms with Crippen molar-refractivity contribution in [2.45, 2.75) is 38.1 Å². The second-order valence-electron chi connectivity index (χ2n) is 5.09. The highest BCUT2D eigenvalue weighted by Gasteiger charge is 2.33. The minimum absolute atomic E-state index is 0.125. The van der Waals surface area contributed by atoms with E-state index in [1.807, 2.05) is 13.0 Å². The lowest BCUT2D eigenvalue weighted by molar-refractivity contribution is -0.384. The summed E-state index contributed by atoms with van der Waals surface area (Å²) in [5.74, 6) is 0. The molecule has 1 aliphatic rings. The minimum atomic E-state index is -0.346. The minimum Gasteiger partial charge on any atom is -0.373 e. The summed E-state index contributed by atoms with van der Waals surface area (Å²) in [6.07, 6.45) is 4.22. The van der Waals surface area contributed by atoms with Gasteiger partial charge in [-0.2, -0.15) is 0 Å². The molecule has 0 spiro atoms. The van der Waals surface area contributed by atoms with E-state index in [0.29, 0.717) is 12.2 Å². The molecule has 1 aromatic carbocycles. The zero-order valence-electron chi connectivity index (χ0n) is 10.6. The Kier molecular flexibility index (Phi) is 3.52. The van der Waals surface area contributed by atoms with Gasteiger partial charge in [-0.1, -0.05) is 18.9 Å². The van der Waals surface area contributed by atoms with E-state index in [4.69, 9.17) is 5.73 Å². The fourth-order valence-corrected chi connectivity index (χ4v) is 2.63. The lowest BCUT2D eigenvalue weighted by Gasteiger charge is -2.29. The number of aryl methyl sites for hydroxylation is 1. The maximum Gasteiger partial charge on any atom is 0.292 e. The molecule has 18 heavy (non-hydrogen) atoms. The number of anilines is 1. The molecule has 0 saturated heterocycles. The number of hydrogen-bond donors (Lipinski definition) is 2. The maximum atomic E-state index is 11.0. The van der Waals surface area contributed by atoms with Gasteiger partial charge >= 0.3 is 0 Å². The SMILES string of the molecule is Cc1ccc([N+](=O)[O-])c(NC2(CN)CCCC2)c1. The molecule has 0 bridgehead atoms. The van der Waals surface area contributed by atoms with Crippen LogP contribution in [0.25, 0.3) is 0 Å². The normalized spacial score (nSPS) is 17.7. The predicted octanol–water partition coefficient (Wildman–Crippen LogP) is 2.59. The van der Waals surface area contributed by atoms with Gasteiger partial charge in [0.05, 0.1) is 4.92 Å². The smallest absolute Gasteiger partial charge is 0.292 e. The third-order valence-corrected chi connectivity index (χ3v) is 3.70. The number of hydrogen-bond acceptors (Lipinski definition) is 4. The van der Waals surface area contributed by atoms with Gasteiger partial charge in [0.1, 0.15) is 5.69 Å². The summed E-state index contributed by atoms with van der Waals surface area (Å²) in [6, 6.07) is 5.14. The lowest BCUT2D eigenvalue weighted by atomic mass is 9.97. The summed E-state index contributed by atoms with van der Waals surface area (Å²) in [5, 5.41) is 14.4. The van der Waals surface area contributed by atoms with E-state index in [0.717, 1.165) is 31.2 Å². The standard InChI is InChI=1S/C13H19N3O2/c1-10-4-5-12(16(17)18)11(8-10)15-13(9-14)6-2-3-7-13/h4-5,8,15H,2-3,6-7,9,14H2,1H3. The molecule has 0 unspecified atom stereocenters. The fraction of sp³-hybridized carbons (Fsp3) is 0.538. The summed E-state index contributed by atoms with van der Waals surface area (Å²) in [5.41, 5.74) is 7.40. The van der Waals surface area contributed by atoms with Gasteiger partial charge in [-0.25, -0.2) is 0 Å². The van der Waals surface area contributed by atoms with Gasteiger partial charge in [-0.05, 0) is 31.4 Å². The monoisotopic (exact) mass is 249 g/mol. The Labute approximate surface area is 107 Å². The molecule has 2 rings (SSSR count). The van der Waals surface area contributed by atoms with E-state index < -0.39 is 0 Å². The van der Waals surface area contributed by atoms with Crippen LogP contribution in [-0.4, -0.2) is 17.0 Å². The Hall–Kier alpha value is -1.62. The van der Waals surface area contributed by atoms with Gasteiger partial charge in [-0.15, -0.1) is 0 Å². The fourth-order valence-electron chi connectivity index (χ4n) is 2.63. The first-order chi connectivity index (χ1) is 8.56. The van der Waals surface area contributed by atoms with Gasteiger partial charge in [0.15, 0.2) is 0 Å². The second kappa shape index (κ2) is 4.94. The van der Waals surface area contributed by atoms with Crippen LogP contribution >= 0.6 is 0 Å². The summed E-state index contributed by atoms with van der Waals surface area (Å²) in [7, 11) is 0. The van der Waals surface area contributed by atoms with Crippen molar-refractivity contribution < 1.29 is 4.92 Å². The largest absolute Gasteiger partial charge is 0.373 e. The number of benzene rings is 1. The van der Waals surface area contributed by atoms with E-state index in [2.05, 4.69) is 5.32 Å². The molecule has 0 radical (unpaired) electrons. The van der Waals surface area contributed by atoms with Crippen molar-refractivity contribution in [1.29, 1.82) is 0 Å². The van der Waals surface area contributed by atoms with E-state index in [-0.39, 0.29) is 16.1 Å². The second-order valence-corrected chi connectivity index (χ2v) is 5.09. The first-order valence-corrected chi connectivity index (χ1v) is 6.30. The molecule has 0 amide bonds. The number of nitrogens with one attached hydrogen (secondary N) is 1. The van der Waals surface area contributed by atoms with Crippen LogP contribution in [0, 0.1) is 17.0 Å². The van der Waals surface area contributed by atoms with Crippen LogP contribution in [0.5, 0.6) is 0 Å². The first-order valence-electron chi connectivity index (χ1n) is 6.30. The third kappa shape index (κ3) is 2.46. The molecule has 1 fully saturated rings. The molecule has 0 aromatic heterocycles. The Morgan fingerprint density at radius 2 is 2.11 bits per heavy atom. The molecule has 0 aliphatic heterocycles. The third-order valence-electron chi connectivity index (χ3n) is 3.70. The quantitative estimate of drug-likeness (QED) is 0.634. The van der Waals surface area contributed by atoms with Crippen molar-refractivity contribution in [2.24, 2.45) is 5.73 Å². The van der Waals surface area contributed by atoms with Crippen LogP contribution < -0.4 is 11.1 Å². The van der Waals surface area contributed by atoms with Gasteiger partial charge in [0.25, 0.3) is 5.69 Å². The van der Waals surface area contributed by atoms with Crippen LogP contribution in [0.3, 0.4) is 0 Å². The first kappa shape index (κ1) is 12.8. The van der Waals surface area contributed by atoms with Crippen LogP contribution in [0.4, 0.5) is 11.4 Å². The van der Waals surface area contributed by atoms with E-state index in [1.165, 1.54) is 0 Å². The number of nitrogens with zero attached hydrogens (tertiary/aromatic N) is 1. The molecule has 5 heteroatoms. The van der Waals surface area contributed by atoms with Crippen LogP contribution in [-0.2, 0) is 0 Å². The summed E-state index contributed by atoms with van der Waals surface area (Å²) < 4.78 is 0. The summed E-state index contributed by atoms with van der Waals surface area (Å²) in [4.78, 5) is 10.7. The highest BCUT2D eigenvalue weighted by atomic mass is 16.6. The molecule has 1 aromatic rings. The van der Waals surface area contributed by atoms with E-state index in [9.17, 15) is 10.1 Å². The molecular weight excluding hydrogens is 230 g/mol. The van der Waals surface area contributed by atoms with Gasteiger partial charge in [0.2, 0.25) is 0 Å². The van der Waals surface area contributed by atoms with Gasteiger partial charge in [-0.3, -0.25) is 10.1 Å². The molecule has 1 aliphatic carbocycles. The Balaban J connectivity index is 2.32. The van der Waals surface area contributed by atoms with Crippen molar-refractivity contribution in [3.63, 3.8) is 0 Å². The van der Waals surface area contributed by atoms with Crippen LogP contribution in [0.15, 0.2) is 18.2 Å². The molecule has 0 heterocycles. The zero-order chi connectivity index (χ0) is 13.2. The van der Waals surface area contributed by atoms with Gasteiger partial charge < -0.3 is 11.1 Å². The average molecular weight is 249 g/mol. The Morgan fingerprint density at radius 1 is 1.44 bits per heavy atom. The van der Waals surface area contributed by atoms with Crippen molar-refractivity contribution in [2.75, 3.05) is 11.9 Å². The van der Waals surface area contributed by atoms with Crippen LogP contribution in [0.1, 0.15) is 31.2 Å². The van der Waals surface area contributed by atoms with Crippen molar-refractivity contribution >= 4 is 11.4 Å². The number of nitrogens with two attached hydrogens (primary N) is 1. The highest BCUT2D eigenvalue weighted by Crippen LogP contribution is 2.35. The average Bonchev–Trinajstić information content (AvgIpc) is 2.78. The molecule has 0 atom stereocenters. The van der Waals surface area contributed by atoms with Crippen molar-refractivity contribution in [3.8, 4) is 0 Å². The molecular formula is C13H19N3O2. The zero-order valence-corrected chi connectivity index (χ0v) is 10.6. The molecule has 5 nitrogen and oxygen atoms in total. The summed E-state index contributed by atoms with van der Waals surface area (Å²) >= 11 is 0.